The minimum Gasteiger partial charge on any atom is -0.261 e. The number of alkyl halides is 1. The van der Waals surface area contributed by atoms with E-state index in [2.05, 4.69) is 33.9 Å². The summed E-state index contributed by atoms with van der Waals surface area (Å²) in [5.74, 6) is 0.187. The lowest BCUT2D eigenvalue weighted by atomic mass is 9.97. The summed E-state index contributed by atoms with van der Waals surface area (Å²) in [5, 5.41) is -0.0672. The van der Waals surface area contributed by atoms with E-state index in [9.17, 15) is 0 Å². The van der Waals surface area contributed by atoms with Crippen molar-refractivity contribution in [1.29, 1.82) is 0 Å². The highest BCUT2D eigenvalue weighted by atomic mass is 79.9. The maximum absolute atomic E-state index is 6.50. The van der Waals surface area contributed by atoms with Crippen LogP contribution in [-0.2, 0) is 0 Å². The molecule has 0 radical (unpaired) electrons. The number of aromatic nitrogens is 1. The molecule has 17 heavy (non-hydrogen) atoms. The maximum Gasteiger partial charge on any atom is 0.0666 e. The number of hydrogen-bond acceptors (Lipinski definition) is 1. The van der Waals surface area contributed by atoms with Gasteiger partial charge in [0.05, 0.1) is 5.38 Å². The van der Waals surface area contributed by atoms with Crippen LogP contribution in [0.2, 0.25) is 0 Å². The lowest BCUT2D eigenvalue weighted by molar-refractivity contribution is 0.706. The van der Waals surface area contributed by atoms with Gasteiger partial charge in [-0.05, 0) is 29.8 Å². The molecular formula is C14H13BrClN. The monoisotopic (exact) mass is 309 g/mol. The zero-order valence-electron chi connectivity index (χ0n) is 9.48. The molecule has 2 rings (SSSR count). The molecule has 0 spiro atoms. The van der Waals surface area contributed by atoms with Crippen LogP contribution in [0.15, 0.2) is 53.1 Å². The minimum atomic E-state index is -0.0672. The highest BCUT2D eigenvalue weighted by Gasteiger charge is 2.19. The summed E-state index contributed by atoms with van der Waals surface area (Å²) in [6, 6.07) is 14.0. The molecule has 88 valence electrons. The van der Waals surface area contributed by atoms with Crippen molar-refractivity contribution in [3.63, 3.8) is 0 Å². The highest BCUT2D eigenvalue weighted by molar-refractivity contribution is 9.10. The lowest BCUT2D eigenvalue weighted by Crippen LogP contribution is -2.04. The Morgan fingerprint density at radius 2 is 2.00 bits per heavy atom. The topological polar surface area (TPSA) is 12.9 Å². The Morgan fingerprint density at radius 1 is 1.18 bits per heavy atom. The third-order valence-electron chi connectivity index (χ3n) is 2.76. The van der Waals surface area contributed by atoms with Gasteiger partial charge in [0.15, 0.2) is 0 Å². The van der Waals surface area contributed by atoms with Crippen molar-refractivity contribution in [3.8, 4) is 0 Å². The molecule has 0 aliphatic rings. The van der Waals surface area contributed by atoms with Crippen molar-refractivity contribution >= 4 is 27.5 Å². The van der Waals surface area contributed by atoms with Gasteiger partial charge in [-0.3, -0.25) is 4.98 Å². The van der Waals surface area contributed by atoms with E-state index in [1.54, 1.807) is 6.20 Å². The Bertz CT molecular complexity index is 487. The summed E-state index contributed by atoms with van der Waals surface area (Å²) in [7, 11) is 0. The van der Waals surface area contributed by atoms with Crippen LogP contribution in [0.1, 0.15) is 29.5 Å². The Balaban J connectivity index is 2.23. The summed E-state index contributed by atoms with van der Waals surface area (Å²) < 4.78 is 1.05. The maximum atomic E-state index is 6.50. The van der Waals surface area contributed by atoms with Crippen LogP contribution < -0.4 is 0 Å². The van der Waals surface area contributed by atoms with Crippen molar-refractivity contribution < 1.29 is 0 Å². The van der Waals surface area contributed by atoms with Gasteiger partial charge in [0.25, 0.3) is 0 Å². The van der Waals surface area contributed by atoms with Gasteiger partial charge >= 0.3 is 0 Å². The lowest BCUT2D eigenvalue weighted by Gasteiger charge is -2.18. The minimum absolute atomic E-state index is 0.0672. The molecule has 2 aromatic rings. The fourth-order valence-electron chi connectivity index (χ4n) is 1.76. The molecule has 0 fully saturated rings. The second kappa shape index (κ2) is 5.65. The molecule has 2 atom stereocenters. The van der Waals surface area contributed by atoms with Crippen LogP contribution in [0.25, 0.3) is 0 Å². The molecule has 1 aromatic carbocycles. The van der Waals surface area contributed by atoms with E-state index in [4.69, 9.17) is 11.6 Å². The average Bonchev–Trinajstić information content (AvgIpc) is 2.38. The van der Waals surface area contributed by atoms with E-state index in [-0.39, 0.29) is 11.3 Å². The molecule has 1 aromatic heterocycles. The Labute approximate surface area is 115 Å². The third-order valence-corrected chi connectivity index (χ3v) is 3.88. The molecule has 0 bridgehead atoms. The number of benzene rings is 1. The van der Waals surface area contributed by atoms with E-state index in [1.165, 1.54) is 0 Å². The van der Waals surface area contributed by atoms with Crippen molar-refractivity contribution in [2.45, 2.75) is 18.2 Å². The molecule has 0 amide bonds. The smallest absolute Gasteiger partial charge is 0.0666 e. The number of hydrogen-bond donors (Lipinski definition) is 0. The highest BCUT2D eigenvalue weighted by Crippen LogP contribution is 2.35. The van der Waals surface area contributed by atoms with Gasteiger partial charge in [0.1, 0.15) is 0 Å². The Kier molecular flexibility index (Phi) is 4.19. The summed E-state index contributed by atoms with van der Waals surface area (Å²) in [4.78, 5) is 4.35. The second-order valence-electron chi connectivity index (χ2n) is 4.00. The Morgan fingerprint density at radius 3 is 2.65 bits per heavy atom. The van der Waals surface area contributed by atoms with Crippen molar-refractivity contribution in [2.24, 2.45) is 0 Å². The van der Waals surface area contributed by atoms with Gasteiger partial charge < -0.3 is 0 Å². The van der Waals surface area contributed by atoms with E-state index in [0.29, 0.717) is 0 Å². The van der Waals surface area contributed by atoms with Gasteiger partial charge in [-0.15, -0.1) is 11.6 Å². The van der Waals surface area contributed by atoms with E-state index in [0.717, 1.165) is 15.7 Å². The fraction of sp³-hybridized carbons (Fsp3) is 0.214. The first kappa shape index (κ1) is 12.6. The second-order valence-corrected chi connectivity index (χ2v) is 5.39. The SMILES string of the molecule is CC(c1ccccn1)C(Cl)c1cccc(Br)c1. The van der Waals surface area contributed by atoms with Crippen molar-refractivity contribution in [1.82, 2.24) is 4.98 Å². The van der Waals surface area contributed by atoms with Crippen LogP contribution in [0.5, 0.6) is 0 Å². The number of pyridine rings is 1. The first-order valence-electron chi connectivity index (χ1n) is 5.49. The Hall–Kier alpha value is -0.860. The zero-order chi connectivity index (χ0) is 12.3. The standard InChI is InChI=1S/C14H13BrClN/c1-10(13-7-2-3-8-17-13)14(16)11-5-4-6-12(15)9-11/h2-10,14H,1H3. The number of halogens is 2. The fourth-order valence-corrected chi connectivity index (χ4v) is 2.44. The number of rotatable bonds is 3. The zero-order valence-corrected chi connectivity index (χ0v) is 11.8. The van der Waals surface area contributed by atoms with Crippen LogP contribution >= 0.6 is 27.5 Å². The van der Waals surface area contributed by atoms with E-state index < -0.39 is 0 Å². The average molecular weight is 311 g/mol. The molecule has 1 nitrogen and oxygen atoms in total. The summed E-state index contributed by atoms with van der Waals surface area (Å²) in [6.07, 6.45) is 1.80. The molecular weight excluding hydrogens is 298 g/mol. The predicted octanol–water partition coefficient (Wildman–Crippen LogP) is 4.93. The molecule has 0 aliphatic carbocycles. The summed E-state index contributed by atoms with van der Waals surface area (Å²) in [5.41, 5.74) is 2.13. The molecule has 3 heteroatoms. The summed E-state index contributed by atoms with van der Waals surface area (Å²) in [6.45, 7) is 2.10. The van der Waals surface area contributed by atoms with Crippen LogP contribution in [-0.4, -0.2) is 4.98 Å². The van der Waals surface area contributed by atoms with Crippen LogP contribution in [0.4, 0.5) is 0 Å². The van der Waals surface area contributed by atoms with Gasteiger partial charge in [0, 0.05) is 22.3 Å². The largest absolute Gasteiger partial charge is 0.261 e. The molecule has 0 aliphatic heterocycles. The summed E-state index contributed by atoms with van der Waals surface area (Å²) >= 11 is 9.96. The first-order valence-corrected chi connectivity index (χ1v) is 6.72. The van der Waals surface area contributed by atoms with Crippen LogP contribution in [0, 0.1) is 0 Å². The van der Waals surface area contributed by atoms with Crippen LogP contribution in [0.3, 0.4) is 0 Å². The molecule has 1 heterocycles. The number of nitrogens with zero attached hydrogens (tertiary/aromatic N) is 1. The third kappa shape index (κ3) is 3.08. The molecule has 0 saturated carbocycles. The quantitative estimate of drug-likeness (QED) is 0.733. The first-order chi connectivity index (χ1) is 8.18. The van der Waals surface area contributed by atoms with Gasteiger partial charge in [-0.25, -0.2) is 0 Å². The molecule has 0 saturated heterocycles. The normalized spacial score (nSPS) is 14.3. The van der Waals surface area contributed by atoms with Crippen molar-refractivity contribution in [2.75, 3.05) is 0 Å². The van der Waals surface area contributed by atoms with Gasteiger partial charge in [-0.2, -0.15) is 0 Å². The van der Waals surface area contributed by atoms with Gasteiger partial charge in [0.2, 0.25) is 0 Å². The van der Waals surface area contributed by atoms with E-state index in [1.807, 2.05) is 36.4 Å². The van der Waals surface area contributed by atoms with Gasteiger partial charge in [-0.1, -0.05) is 41.1 Å². The van der Waals surface area contributed by atoms with E-state index >= 15 is 0 Å². The van der Waals surface area contributed by atoms with Crippen molar-refractivity contribution in [3.05, 3.63) is 64.4 Å². The molecule has 2 unspecified atom stereocenters. The molecule has 0 N–H and O–H groups in total. The predicted molar refractivity (Wildman–Crippen MR) is 75.4 cm³/mol.